The van der Waals surface area contributed by atoms with E-state index in [0.29, 0.717) is 23.3 Å². The second-order valence-corrected chi connectivity index (χ2v) is 17.9. The van der Waals surface area contributed by atoms with Crippen LogP contribution in [-0.2, 0) is 21.6 Å². The van der Waals surface area contributed by atoms with Gasteiger partial charge in [0.05, 0.1) is 12.2 Å². The number of imide groups is 1. The standard InChI is InChI=1S/C34H38N4O5Si/c1-6-7-16-43-28-13-10-26-21-37(31(39)29(26)20-28)22-34(27-11-8-25(9-12-27)30-19-24(2)14-15-35-30)32(40)38(33(41)36-34)23-42-17-18-44(3,4)5/h8-15,19-21,39H,16-18,22-23H2,1-5H3,(H,36,41)/t34-/m0/s1. The minimum atomic E-state index is -1.49. The lowest BCUT2D eigenvalue weighted by Gasteiger charge is -2.28. The number of hydrogen-bond acceptors (Lipinski definition) is 6. The molecule has 9 nitrogen and oxygen atoms in total. The van der Waals surface area contributed by atoms with Gasteiger partial charge in [0.15, 0.2) is 11.4 Å². The third kappa shape index (κ3) is 6.49. The summed E-state index contributed by atoms with van der Waals surface area (Å²) in [6.45, 7) is 11.0. The van der Waals surface area contributed by atoms with Crippen molar-refractivity contribution < 1.29 is 24.2 Å². The Morgan fingerprint density at radius 2 is 1.84 bits per heavy atom. The topological polar surface area (TPSA) is 106 Å². The van der Waals surface area contributed by atoms with Crippen molar-refractivity contribution in [2.24, 2.45) is 0 Å². The number of pyridine rings is 1. The summed E-state index contributed by atoms with van der Waals surface area (Å²) in [6.07, 6.45) is 3.52. The molecule has 0 spiro atoms. The monoisotopic (exact) mass is 610 g/mol. The molecule has 3 amide bonds. The molecule has 5 rings (SSSR count). The van der Waals surface area contributed by atoms with Crippen molar-refractivity contribution in [3.05, 3.63) is 78.1 Å². The number of nitrogens with zero attached hydrogens (tertiary/aromatic N) is 3. The summed E-state index contributed by atoms with van der Waals surface area (Å²) >= 11 is 0. The number of hydrogen-bond donors (Lipinski definition) is 2. The molecule has 0 aliphatic carbocycles. The Balaban J connectivity index is 1.49. The van der Waals surface area contributed by atoms with Crippen LogP contribution in [0.5, 0.6) is 11.6 Å². The van der Waals surface area contributed by atoms with Crippen LogP contribution in [-0.4, -0.2) is 59.5 Å². The lowest BCUT2D eigenvalue weighted by Crippen LogP contribution is -2.47. The molecule has 3 heterocycles. The van der Waals surface area contributed by atoms with Crippen molar-refractivity contribution in [2.75, 3.05) is 19.9 Å². The van der Waals surface area contributed by atoms with Crippen molar-refractivity contribution in [1.29, 1.82) is 0 Å². The molecule has 44 heavy (non-hydrogen) atoms. The van der Waals surface area contributed by atoms with E-state index in [9.17, 15) is 14.7 Å². The number of ether oxygens (including phenoxy) is 2. The highest BCUT2D eigenvalue weighted by Crippen LogP contribution is 2.37. The van der Waals surface area contributed by atoms with Gasteiger partial charge in [0.25, 0.3) is 5.91 Å². The van der Waals surface area contributed by atoms with Crippen LogP contribution < -0.4 is 10.1 Å². The smallest absolute Gasteiger partial charge is 0.327 e. The van der Waals surface area contributed by atoms with Gasteiger partial charge in [-0.25, -0.2) is 9.69 Å². The van der Waals surface area contributed by atoms with Gasteiger partial charge in [-0.3, -0.25) is 9.78 Å². The van der Waals surface area contributed by atoms with Crippen LogP contribution in [0.3, 0.4) is 0 Å². The Labute approximate surface area is 258 Å². The number of urea groups is 1. The van der Waals surface area contributed by atoms with Crippen molar-refractivity contribution in [1.82, 2.24) is 19.8 Å². The van der Waals surface area contributed by atoms with E-state index >= 15 is 0 Å². The highest BCUT2D eigenvalue weighted by Gasteiger charge is 2.53. The Morgan fingerprint density at radius 1 is 1.07 bits per heavy atom. The minimum absolute atomic E-state index is 0.0387. The molecule has 2 aromatic carbocycles. The first kappa shape index (κ1) is 30.9. The van der Waals surface area contributed by atoms with E-state index in [2.05, 4.69) is 41.8 Å². The minimum Gasteiger partial charge on any atom is -0.494 e. The normalized spacial score (nSPS) is 16.6. The number of rotatable bonds is 11. The number of amides is 3. The number of carbonyl (C=O) groups excluding carboxylic acids is 2. The average molecular weight is 611 g/mol. The van der Waals surface area contributed by atoms with Gasteiger partial charge in [0.2, 0.25) is 0 Å². The zero-order valence-electron chi connectivity index (χ0n) is 25.8. The number of fused-ring (bicyclic) bond motifs is 1. The predicted octanol–water partition coefficient (Wildman–Crippen LogP) is 5.88. The van der Waals surface area contributed by atoms with E-state index in [0.717, 1.165) is 33.2 Å². The van der Waals surface area contributed by atoms with Gasteiger partial charge in [-0.15, -0.1) is 5.92 Å². The molecule has 1 atom stereocenters. The SMILES string of the molecule is CC#CCOc1ccc2cn(C[C@@]3(c4ccc(-c5cc(C)ccn5)cc4)NC(=O)N(COCC[Si](C)(C)C)C3=O)c(O)c2c1. The molecule has 0 unspecified atom stereocenters. The van der Waals surface area contributed by atoms with E-state index in [1.54, 1.807) is 36.0 Å². The Bertz CT molecular complexity index is 1750. The Kier molecular flexibility index (Phi) is 8.81. The molecule has 2 aromatic heterocycles. The maximum atomic E-state index is 14.2. The summed E-state index contributed by atoms with van der Waals surface area (Å²) in [5.74, 6) is 5.72. The molecule has 10 heteroatoms. The molecule has 4 aromatic rings. The molecule has 0 bridgehead atoms. The summed E-state index contributed by atoms with van der Waals surface area (Å²) in [7, 11) is -1.35. The van der Waals surface area contributed by atoms with Crippen LogP contribution >= 0.6 is 0 Å². The highest BCUT2D eigenvalue weighted by atomic mass is 28.3. The Morgan fingerprint density at radius 3 is 2.55 bits per heavy atom. The van der Waals surface area contributed by atoms with Crippen LogP contribution in [0.2, 0.25) is 25.7 Å². The third-order valence-corrected chi connectivity index (χ3v) is 9.41. The van der Waals surface area contributed by atoms with Crippen LogP contribution in [0.25, 0.3) is 22.0 Å². The molecule has 1 aliphatic heterocycles. The van der Waals surface area contributed by atoms with Gasteiger partial charge in [-0.2, -0.15) is 0 Å². The van der Waals surface area contributed by atoms with Gasteiger partial charge >= 0.3 is 6.03 Å². The average Bonchev–Trinajstić information content (AvgIpc) is 3.42. The van der Waals surface area contributed by atoms with Gasteiger partial charge in [-0.1, -0.05) is 49.8 Å². The van der Waals surface area contributed by atoms with Crippen molar-refractivity contribution in [3.8, 4) is 34.7 Å². The highest BCUT2D eigenvalue weighted by molar-refractivity contribution is 6.76. The number of aryl methyl sites for hydroxylation is 1. The predicted molar refractivity (Wildman–Crippen MR) is 173 cm³/mol. The van der Waals surface area contributed by atoms with Gasteiger partial charge in [0, 0.05) is 43.4 Å². The summed E-state index contributed by atoms with van der Waals surface area (Å²) in [5, 5.41) is 15.6. The number of benzene rings is 2. The number of aromatic hydroxyl groups is 1. The quantitative estimate of drug-likeness (QED) is 0.0951. The summed E-state index contributed by atoms with van der Waals surface area (Å²) in [4.78, 5) is 33.1. The van der Waals surface area contributed by atoms with E-state index in [1.807, 2.05) is 49.4 Å². The fourth-order valence-electron chi connectivity index (χ4n) is 5.17. The van der Waals surface area contributed by atoms with Crippen LogP contribution in [0.4, 0.5) is 4.79 Å². The number of aromatic nitrogens is 2. The van der Waals surface area contributed by atoms with E-state index in [1.165, 1.54) is 0 Å². The van der Waals surface area contributed by atoms with Gasteiger partial charge in [-0.05, 0) is 61.4 Å². The first-order valence-electron chi connectivity index (χ1n) is 14.6. The van der Waals surface area contributed by atoms with Gasteiger partial charge < -0.3 is 24.5 Å². The zero-order chi connectivity index (χ0) is 31.5. The third-order valence-electron chi connectivity index (χ3n) is 7.71. The number of nitrogens with one attached hydrogen (secondary N) is 1. The molecular formula is C34H38N4O5Si. The number of carbonyl (C=O) groups is 2. The molecule has 1 aliphatic rings. The molecule has 0 saturated carbocycles. The van der Waals surface area contributed by atoms with Crippen molar-refractivity contribution in [3.63, 3.8) is 0 Å². The molecule has 1 saturated heterocycles. The summed E-state index contributed by atoms with van der Waals surface area (Å²) < 4.78 is 13.1. The molecule has 0 radical (unpaired) electrons. The van der Waals surface area contributed by atoms with E-state index in [4.69, 9.17) is 9.47 Å². The van der Waals surface area contributed by atoms with E-state index < -0.39 is 25.6 Å². The maximum absolute atomic E-state index is 14.2. The van der Waals surface area contributed by atoms with Crippen LogP contribution in [0, 0.1) is 18.8 Å². The summed E-state index contributed by atoms with van der Waals surface area (Å²) in [6, 6.07) is 17.1. The lowest BCUT2D eigenvalue weighted by atomic mass is 9.88. The molecular weight excluding hydrogens is 572 g/mol. The van der Waals surface area contributed by atoms with E-state index in [-0.39, 0.29) is 25.8 Å². The first-order chi connectivity index (χ1) is 21.0. The summed E-state index contributed by atoms with van der Waals surface area (Å²) in [5.41, 5.74) is 1.87. The van der Waals surface area contributed by atoms with Crippen LogP contribution in [0.1, 0.15) is 18.1 Å². The van der Waals surface area contributed by atoms with Crippen molar-refractivity contribution in [2.45, 2.75) is 51.6 Å². The maximum Gasteiger partial charge on any atom is 0.327 e. The molecule has 1 fully saturated rings. The second kappa shape index (κ2) is 12.6. The molecule has 2 N–H and O–H groups in total. The fraction of sp³-hybridized carbons (Fsp3) is 0.324. The first-order valence-corrected chi connectivity index (χ1v) is 18.3. The van der Waals surface area contributed by atoms with Crippen LogP contribution in [0.15, 0.2) is 67.0 Å². The zero-order valence-corrected chi connectivity index (χ0v) is 26.8. The second-order valence-electron chi connectivity index (χ2n) is 12.3. The lowest BCUT2D eigenvalue weighted by molar-refractivity contribution is -0.135. The van der Waals surface area contributed by atoms with Crippen molar-refractivity contribution >= 4 is 30.8 Å². The Hall–Kier alpha value is -4.59. The largest absolute Gasteiger partial charge is 0.494 e. The fourth-order valence-corrected chi connectivity index (χ4v) is 5.93. The molecule has 228 valence electrons. The van der Waals surface area contributed by atoms with Gasteiger partial charge in [0.1, 0.15) is 19.1 Å².